The molecule has 9 heteroatoms. The fraction of sp³-hybridized carbons (Fsp3) is 0.400. The molecular formula is C20H24N4O2S3. The van der Waals surface area contributed by atoms with Gasteiger partial charge in [-0.2, -0.15) is 0 Å². The Balaban J connectivity index is 1.63. The van der Waals surface area contributed by atoms with Crippen LogP contribution in [0.5, 0.6) is 0 Å². The van der Waals surface area contributed by atoms with Crippen molar-refractivity contribution in [3.05, 3.63) is 33.8 Å². The third kappa shape index (κ3) is 5.55. The van der Waals surface area contributed by atoms with E-state index >= 15 is 0 Å². The summed E-state index contributed by atoms with van der Waals surface area (Å²) in [5.74, 6) is 0.429. The van der Waals surface area contributed by atoms with Crippen molar-refractivity contribution in [2.45, 2.75) is 38.5 Å². The van der Waals surface area contributed by atoms with E-state index in [0.29, 0.717) is 5.75 Å². The number of fused-ring (bicyclic) bond motifs is 1. The van der Waals surface area contributed by atoms with Gasteiger partial charge in [0.2, 0.25) is 11.8 Å². The maximum absolute atomic E-state index is 12.4. The first kappa shape index (κ1) is 21.7. The smallest absolute Gasteiger partial charge is 0.232 e. The van der Waals surface area contributed by atoms with Gasteiger partial charge in [-0.1, -0.05) is 11.8 Å². The van der Waals surface area contributed by atoms with Crippen molar-refractivity contribution >= 4 is 62.2 Å². The summed E-state index contributed by atoms with van der Waals surface area (Å²) < 4.78 is 1.85. The van der Waals surface area contributed by atoms with Crippen molar-refractivity contribution in [1.29, 1.82) is 0 Å². The van der Waals surface area contributed by atoms with Gasteiger partial charge >= 0.3 is 0 Å². The van der Waals surface area contributed by atoms with E-state index in [-0.39, 0.29) is 18.2 Å². The maximum atomic E-state index is 12.4. The zero-order valence-corrected chi connectivity index (χ0v) is 19.4. The highest BCUT2D eigenvalue weighted by Crippen LogP contribution is 2.31. The highest BCUT2D eigenvalue weighted by atomic mass is 32.2. The van der Waals surface area contributed by atoms with Gasteiger partial charge in [-0.15, -0.1) is 22.7 Å². The monoisotopic (exact) mass is 448 g/mol. The molecular weight excluding hydrogens is 424 g/mol. The van der Waals surface area contributed by atoms with Crippen LogP contribution in [0.15, 0.2) is 22.5 Å². The number of aryl methyl sites for hydroxylation is 2. The largest absolute Gasteiger partial charge is 0.343 e. The molecule has 29 heavy (non-hydrogen) atoms. The molecule has 0 saturated carbocycles. The highest BCUT2D eigenvalue weighted by molar-refractivity contribution is 8.01. The van der Waals surface area contributed by atoms with Crippen LogP contribution < -0.4 is 5.32 Å². The minimum atomic E-state index is -0.0818. The molecule has 0 aliphatic heterocycles. The molecule has 0 radical (unpaired) electrons. The number of rotatable bonds is 8. The highest BCUT2D eigenvalue weighted by Gasteiger charge is 2.14. The molecule has 0 fully saturated rings. The van der Waals surface area contributed by atoms with E-state index < -0.39 is 0 Å². The molecule has 2 amide bonds. The normalized spacial score (nSPS) is 11.0. The number of nitrogens with one attached hydrogen (secondary N) is 1. The molecule has 6 nitrogen and oxygen atoms in total. The quantitative estimate of drug-likeness (QED) is 0.513. The van der Waals surface area contributed by atoms with Crippen LogP contribution in [-0.2, 0) is 16.0 Å². The van der Waals surface area contributed by atoms with Crippen molar-refractivity contribution in [2.24, 2.45) is 0 Å². The van der Waals surface area contributed by atoms with Gasteiger partial charge in [-0.05, 0) is 45.9 Å². The molecule has 0 unspecified atom stereocenters. The molecule has 1 aromatic carbocycles. The summed E-state index contributed by atoms with van der Waals surface area (Å²) in [4.78, 5) is 36.5. The number of aromatic nitrogens is 2. The van der Waals surface area contributed by atoms with E-state index in [1.54, 1.807) is 11.3 Å². The van der Waals surface area contributed by atoms with Crippen molar-refractivity contribution in [1.82, 2.24) is 14.9 Å². The van der Waals surface area contributed by atoms with Gasteiger partial charge in [0, 0.05) is 23.7 Å². The Morgan fingerprint density at radius 2 is 1.90 bits per heavy atom. The Morgan fingerprint density at radius 1 is 1.14 bits per heavy atom. The zero-order valence-electron chi connectivity index (χ0n) is 16.9. The molecule has 0 atom stereocenters. The third-order valence-electron chi connectivity index (χ3n) is 4.42. The van der Waals surface area contributed by atoms with Crippen LogP contribution in [0, 0.1) is 13.8 Å². The van der Waals surface area contributed by atoms with E-state index in [2.05, 4.69) is 15.3 Å². The van der Waals surface area contributed by atoms with Gasteiger partial charge in [-0.25, -0.2) is 9.97 Å². The molecule has 1 N–H and O–H groups in total. The Labute approximate surface area is 182 Å². The molecule has 0 spiro atoms. The number of thioether (sulfide) groups is 1. The third-order valence-corrected chi connectivity index (χ3v) is 7.49. The minimum Gasteiger partial charge on any atom is -0.343 e. The standard InChI is InChI=1S/C20H24N4O2S3/c1-5-24(6-2)19(26)11-27-20-23-15-8-7-14(9-17(15)29-20)22-18(25)10-16-12(3)28-13(4)21-16/h7-9H,5-6,10-11H2,1-4H3,(H,22,25). The molecule has 0 saturated heterocycles. The molecule has 154 valence electrons. The predicted molar refractivity (Wildman–Crippen MR) is 122 cm³/mol. The van der Waals surface area contributed by atoms with Crippen molar-refractivity contribution in [2.75, 3.05) is 24.2 Å². The number of anilines is 1. The maximum Gasteiger partial charge on any atom is 0.232 e. The van der Waals surface area contributed by atoms with Crippen molar-refractivity contribution < 1.29 is 9.59 Å². The summed E-state index contributed by atoms with van der Waals surface area (Å²) >= 11 is 4.60. The zero-order chi connectivity index (χ0) is 21.0. The minimum absolute atomic E-state index is 0.0818. The van der Waals surface area contributed by atoms with Crippen LogP contribution >= 0.6 is 34.4 Å². The number of amides is 2. The lowest BCUT2D eigenvalue weighted by Crippen LogP contribution is -2.31. The lowest BCUT2D eigenvalue weighted by Gasteiger charge is -2.17. The number of carbonyl (C=O) groups is 2. The van der Waals surface area contributed by atoms with E-state index in [0.717, 1.165) is 48.9 Å². The predicted octanol–water partition coefficient (Wildman–Crippen LogP) is 4.51. The molecule has 0 aliphatic carbocycles. The van der Waals surface area contributed by atoms with E-state index in [9.17, 15) is 9.59 Å². The lowest BCUT2D eigenvalue weighted by atomic mass is 10.2. The van der Waals surface area contributed by atoms with Gasteiger partial charge in [0.05, 0.1) is 33.1 Å². The van der Waals surface area contributed by atoms with Gasteiger partial charge in [0.25, 0.3) is 0 Å². The SMILES string of the molecule is CCN(CC)C(=O)CSc1nc2ccc(NC(=O)Cc3nc(C)sc3C)cc2s1. The summed E-state index contributed by atoms with van der Waals surface area (Å²) in [5, 5.41) is 3.92. The second-order valence-electron chi connectivity index (χ2n) is 6.48. The average molecular weight is 449 g/mol. The Hall–Kier alpha value is -1.97. The summed E-state index contributed by atoms with van der Waals surface area (Å²) in [7, 11) is 0. The van der Waals surface area contributed by atoms with Crippen LogP contribution in [0.4, 0.5) is 5.69 Å². The number of thiazole rings is 2. The first-order valence-corrected chi connectivity index (χ1v) is 12.0. The first-order chi connectivity index (χ1) is 13.9. The van der Waals surface area contributed by atoms with Crippen molar-refractivity contribution in [3.8, 4) is 0 Å². The van der Waals surface area contributed by atoms with Crippen LogP contribution in [0.2, 0.25) is 0 Å². The molecule has 3 aromatic rings. The molecule has 2 heterocycles. The second-order valence-corrected chi connectivity index (χ2v) is 10.1. The first-order valence-electron chi connectivity index (χ1n) is 9.43. The van der Waals surface area contributed by atoms with Gasteiger partial charge < -0.3 is 10.2 Å². The number of hydrogen-bond acceptors (Lipinski definition) is 7. The molecule has 3 rings (SSSR count). The number of benzene rings is 1. The topological polar surface area (TPSA) is 75.2 Å². The molecule has 0 bridgehead atoms. The molecule has 2 aromatic heterocycles. The van der Waals surface area contributed by atoms with Crippen molar-refractivity contribution in [3.63, 3.8) is 0 Å². The summed E-state index contributed by atoms with van der Waals surface area (Å²) in [5.41, 5.74) is 2.45. The Morgan fingerprint density at radius 3 is 2.55 bits per heavy atom. The number of nitrogens with zero attached hydrogens (tertiary/aromatic N) is 3. The molecule has 0 aliphatic rings. The van der Waals surface area contributed by atoms with Crippen LogP contribution in [-0.4, -0.2) is 45.5 Å². The van der Waals surface area contributed by atoms with E-state index in [1.807, 2.05) is 50.8 Å². The summed E-state index contributed by atoms with van der Waals surface area (Å²) in [6, 6.07) is 5.69. The second kappa shape index (κ2) is 9.69. The Kier molecular flexibility index (Phi) is 7.26. The van der Waals surface area contributed by atoms with Crippen LogP contribution in [0.3, 0.4) is 0 Å². The van der Waals surface area contributed by atoms with E-state index in [4.69, 9.17) is 0 Å². The van der Waals surface area contributed by atoms with E-state index in [1.165, 1.54) is 23.1 Å². The van der Waals surface area contributed by atoms with Gasteiger partial charge in [0.15, 0.2) is 4.34 Å². The summed E-state index contributed by atoms with van der Waals surface area (Å²) in [6.45, 7) is 9.34. The average Bonchev–Trinajstić information content (AvgIpc) is 3.22. The lowest BCUT2D eigenvalue weighted by molar-refractivity contribution is -0.128. The van der Waals surface area contributed by atoms with Crippen LogP contribution in [0.1, 0.15) is 29.4 Å². The fourth-order valence-corrected chi connectivity index (χ4v) is 5.77. The number of hydrogen-bond donors (Lipinski definition) is 1. The fourth-order valence-electron chi connectivity index (χ4n) is 2.93. The van der Waals surface area contributed by atoms with Gasteiger partial charge in [0.1, 0.15) is 0 Å². The number of carbonyl (C=O) groups excluding carboxylic acids is 2. The Bertz CT molecular complexity index is 1020. The van der Waals surface area contributed by atoms with Gasteiger partial charge in [-0.3, -0.25) is 9.59 Å². The summed E-state index contributed by atoms with van der Waals surface area (Å²) in [6.07, 6.45) is 0.269. The van der Waals surface area contributed by atoms with Crippen LogP contribution in [0.25, 0.3) is 10.2 Å².